The third kappa shape index (κ3) is 1.77. The molecule has 0 bridgehead atoms. The van der Waals surface area contributed by atoms with E-state index in [9.17, 15) is 0 Å². The van der Waals surface area contributed by atoms with E-state index in [1.807, 2.05) is 18.5 Å². The molecule has 1 N–H and O–H groups in total. The summed E-state index contributed by atoms with van der Waals surface area (Å²) in [5, 5.41) is 5.91. The topological polar surface area (TPSA) is 24.9 Å². The molecule has 0 atom stereocenters. The van der Waals surface area contributed by atoms with Gasteiger partial charge in [0.25, 0.3) is 0 Å². The predicted octanol–water partition coefficient (Wildman–Crippen LogP) is 3.84. The van der Waals surface area contributed by atoms with E-state index in [0.29, 0.717) is 0 Å². The Kier molecular flexibility index (Phi) is 2.52. The SMILES string of the molecule is C1=C(c2cncc3ccccc23)NCc2ccccc21. The van der Waals surface area contributed by atoms with Crippen molar-refractivity contribution in [2.75, 3.05) is 0 Å². The molecule has 0 saturated heterocycles. The number of nitrogens with zero attached hydrogens (tertiary/aromatic N) is 1. The van der Waals surface area contributed by atoms with Crippen LogP contribution in [0.15, 0.2) is 60.9 Å². The third-order valence-electron chi connectivity index (χ3n) is 3.78. The normalized spacial score (nSPS) is 13.5. The van der Waals surface area contributed by atoms with Crippen molar-refractivity contribution in [2.24, 2.45) is 0 Å². The molecular weight excluding hydrogens is 244 g/mol. The lowest BCUT2D eigenvalue weighted by Gasteiger charge is -2.19. The van der Waals surface area contributed by atoms with Crippen molar-refractivity contribution in [3.8, 4) is 0 Å². The van der Waals surface area contributed by atoms with E-state index in [2.05, 4.69) is 58.8 Å². The van der Waals surface area contributed by atoms with Crippen LogP contribution in [-0.2, 0) is 6.54 Å². The molecule has 0 radical (unpaired) electrons. The Labute approximate surface area is 117 Å². The molecule has 1 aliphatic rings. The van der Waals surface area contributed by atoms with E-state index in [1.54, 1.807) is 0 Å². The molecule has 0 amide bonds. The van der Waals surface area contributed by atoms with Crippen molar-refractivity contribution in [3.05, 3.63) is 77.6 Å². The van der Waals surface area contributed by atoms with Crippen LogP contribution in [0.2, 0.25) is 0 Å². The van der Waals surface area contributed by atoms with E-state index in [0.717, 1.165) is 17.8 Å². The maximum atomic E-state index is 4.36. The van der Waals surface area contributed by atoms with Gasteiger partial charge in [-0.25, -0.2) is 0 Å². The number of benzene rings is 2. The Balaban J connectivity index is 1.91. The van der Waals surface area contributed by atoms with Crippen LogP contribution in [0.1, 0.15) is 16.7 Å². The van der Waals surface area contributed by atoms with E-state index < -0.39 is 0 Å². The average Bonchev–Trinajstić information content (AvgIpc) is 2.54. The van der Waals surface area contributed by atoms with Crippen LogP contribution in [0.5, 0.6) is 0 Å². The van der Waals surface area contributed by atoms with Gasteiger partial charge in [0.2, 0.25) is 0 Å². The number of hydrogen-bond donors (Lipinski definition) is 1. The minimum atomic E-state index is 0.866. The van der Waals surface area contributed by atoms with Gasteiger partial charge in [0, 0.05) is 35.6 Å². The second kappa shape index (κ2) is 4.49. The van der Waals surface area contributed by atoms with Crippen molar-refractivity contribution >= 4 is 22.5 Å². The summed E-state index contributed by atoms with van der Waals surface area (Å²) in [6.07, 6.45) is 6.06. The third-order valence-corrected chi connectivity index (χ3v) is 3.78. The second-order valence-corrected chi connectivity index (χ2v) is 5.02. The summed E-state index contributed by atoms with van der Waals surface area (Å²) >= 11 is 0. The van der Waals surface area contributed by atoms with E-state index in [-0.39, 0.29) is 0 Å². The summed E-state index contributed by atoms with van der Waals surface area (Å²) < 4.78 is 0. The average molecular weight is 258 g/mol. The van der Waals surface area contributed by atoms with E-state index >= 15 is 0 Å². The molecule has 2 aromatic carbocycles. The standard InChI is InChI=1S/C18H14N2/c1-2-6-14-11-20-18(9-13(14)5-1)17-12-19-10-15-7-3-4-8-16(15)17/h1-10,12,20H,11H2. The highest BCUT2D eigenvalue weighted by molar-refractivity contribution is 5.97. The Morgan fingerprint density at radius 2 is 1.75 bits per heavy atom. The maximum absolute atomic E-state index is 4.36. The zero-order valence-corrected chi connectivity index (χ0v) is 11.0. The monoisotopic (exact) mass is 258 g/mol. The first kappa shape index (κ1) is 11.2. The number of aromatic nitrogens is 1. The van der Waals surface area contributed by atoms with Crippen molar-refractivity contribution in [1.82, 2.24) is 10.3 Å². The smallest absolute Gasteiger partial charge is 0.0444 e. The fourth-order valence-electron chi connectivity index (χ4n) is 2.74. The summed E-state index contributed by atoms with van der Waals surface area (Å²) in [4.78, 5) is 4.36. The van der Waals surface area contributed by atoms with Crippen LogP contribution in [-0.4, -0.2) is 4.98 Å². The molecule has 4 rings (SSSR count). The molecule has 2 heterocycles. The summed E-state index contributed by atoms with van der Waals surface area (Å²) in [6.45, 7) is 0.866. The Bertz CT molecular complexity index is 813. The fraction of sp³-hybridized carbons (Fsp3) is 0.0556. The lowest BCUT2D eigenvalue weighted by atomic mass is 9.98. The number of pyridine rings is 1. The van der Waals surface area contributed by atoms with Crippen molar-refractivity contribution in [1.29, 1.82) is 0 Å². The molecule has 96 valence electrons. The van der Waals surface area contributed by atoms with Gasteiger partial charge < -0.3 is 5.32 Å². The molecule has 2 heteroatoms. The van der Waals surface area contributed by atoms with Crippen LogP contribution in [0.3, 0.4) is 0 Å². The summed E-state index contributed by atoms with van der Waals surface area (Å²) in [7, 11) is 0. The molecule has 2 nitrogen and oxygen atoms in total. The zero-order chi connectivity index (χ0) is 13.4. The van der Waals surface area contributed by atoms with E-state index in [4.69, 9.17) is 0 Å². The van der Waals surface area contributed by atoms with Crippen LogP contribution in [0.25, 0.3) is 22.5 Å². The van der Waals surface area contributed by atoms with Crippen molar-refractivity contribution in [2.45, 2.75) is 6.54 Å². The van der Waals surface area contributed by atoms with Gasteiger partial charge in [-0.15, -0.1) is 0 Å². The molecule has 0 spiro atoms. The van der Waals surface area contributed by atoms with E-state index in [1.165, 1.54) is 21.9 Å². The quantitative estimate of drug-likeness (QED) is 0.717. The minimum absolute atomic E-state index is 0.866. The highest BCUT2D eigenvalue weighted by Crippen LogP contribution is 2.27. The second-order valence-electron chi connectivity index (χ2n) is 5.02. The number of nitrogens with one attached hydrogen (secondary N) is 1. The summed E-state index contributed by atoms with van der Waals surface area (Å²) in [5.74, 6) is 0. The molecular formula is C18H14N2. The first-order chi connectivity index (χ1) is 9.92. The summed E-state index contributed by atoms with van der Waals surface area (Å²) in [6, 6.07) is 16.9. The molecule has 1 aliphatic heterocycles. The molecule has 1 aromatic heterocycles. The first-order valence-corrected chi connectivity index (χ1v) is 6.78. The van der Waals surface area contributed by atoms with Gasteiger partial charge in [0.1, 0.15) is 0 Å². The molecule has 0 fully saturated rings. The largest absolute Gasteiger partial charge is 0.380 e. The Morgan fingerprint density at radius 3 is 2.75 bits per heavy atom. The molecule has 0 saturated carbocycles. The fourth-order valence-corrected chi connectivity index (χ4v) is 2.74. The maximum Gasteiger partial charge on any atom is 0.0444 e. The number of fused-ring (bicyclic) bond motifs is 2. The lowest BCUT2D eigenvalue weighted by Crippen LogP contribution is -2.16. The highest BCUT2D eigenvalue weighted by atomic mass is 14.9. The summed E-state index contributed by atoms with van der Waals surface area (Å²) in [5.41, 5.74) is 4.93. The molecule has 0 aliphatic carbocycles. The van der Waals surface area contributed by atoms with Gasteiger partial charge >= 0.3 is 0 Å². The van der Waals surface area contributed by atoms with Crippen LogP contribution in [0, 0.1) is 0 Å². The molecule has 0 unspecified atom stereocenters. The predicted molar refractivity (Wildman–Crippen MR) is 82.9 cm³/mol. The molecule has 20 heavy (non-hydrogen) atoms. The van der Waals surface area contributed by atoms with Crippen molar-refractivity contribution < 1.29 is 0 Å². The zero-order valence-electron chi connectivity index (χ0n) is 11.0. The van der Waals surface area contributed by atoms with Gasteiger partial charge in [0.15, 0.2) is 0 Å². The molecule has 3 aromatic rings. The van der Waals surface area contributed by atoms with Gasteiger partial charge in [-0.05, 0) is 22.6 Å². The van der Waals surface area contributed by atoms with Gasteiger partial charge in [-0.2, -0.15) is 0 Å². The van der Waals surface area contributed by atoms with Gasteiger partial charge in [-0.3, -0.25) is 4.98 Å². The van der Waals surface area contributed by atoms with Crippen LogP contribution >= 0.6 is 0 Å². The Morgan fingerprint density at radius 1 is 0.900 bits per heavy atom. The van der Waals surface area contributed by atoms with Gasteiger partial charge in [-0.1, -0.05) is 48.5 Å². The van der Waals surface area contributed by atoms with Crippen LogP contribution in [0.4, 0.5) is 0 Å². The van der Waals surface area contributed by atoms with Gasteiger partial charge in [0.05, 0.1) is 0 Å². The lowest BCUT2D eigenvalue weighted by molar-refractivity contribution is 0.879. The van der Waals surface area contributed by atoms with Crippen LogP contribution < -0.4 is 5.32 Å². The Hall–Kier alpha value is -2.61. The first-order valence-electron chi connectivity index (χ1n) is 6.78. The van der Waals surface area contributed by atoms with Crippen molar-refractivity contribution in [3.63, 3.8) is 0 Å². The number of rotatable bonds is 1. The minimum Gasteiger partial charge on any atom is -0.380 e. The number of hydrogen-bond acceptors (Lipinski definition) is 2. The highest BCUT2D eigenvalue weighted by Gasteiger charge is 2.12.